The van der Waals surface area contributed by atoms with Crippen LogP contribution in [0.15, 0.2) is 30.3 Å². The van der Waals surface area contributed by atoms with Crippen LogP contribution in [0.4, 0.5) is 0 Å². The lowest BCUT2D eigenvalue weighted by atomic mass is 9.85. The third-order valence-corrected chi connectivity index (χ3v) is 4.24. The predicted molar refractivity (Wildman–Crippen MR) is 76.3 cm³/mol. The zero-order chi connectivity index (χ0) is 14.7. The largest absolute Gasteiger partial charge is 0.481 e. The predicted octanol–water partition coefficient (Wildman–Crippen LogP) is 2.36. The van der Waals surface area contributed by atoms with E-state index in [4.69, 9.17) is 0 Å². The van der Waals surface area contributed by atoms with Gasteiger partial charge in [0, 0.05) is 25.0 Å². The fraction of sp³-hybridized carbons (Fsp3) is 0.500. The Morgan fingerprint density at radius 1 is 1.35 bits per heavy atom. The third-order valence-electron chi connectivity index (χ3n) is 4.24. The molecule has 20 heavy (non-hydrogen) atoms. The standard InChI is InChI=1S/C16H21NO3/c1-3-12-9-17(10-14(15(12)18)16(19)20)11(2)13-7-5-4-6-8-13/h4-8,11-12,14H,3,9-10H2,1-2H3,(H,19,20)/t11-,12?,14?/m0/s1. The first kappa shape index (κ1) is 14.7. The molecule has 1 aromatic rings. The van der Waals surface area contributed by atoms with E-state index in [9.17, 15) is 14.7 Å². The van der Waals surface area contributed by atoms with Crippen LogP contribution in [0.3, 0.4) is 0 Å². The monoisotopic (exact) mass is 275 g/mol. The average molecular weight is 275 g/mol. The van der Waals surface area contributed by atoms with Gasteiger partial charge in [0.05, 0.1) is 0 Å². The molecule has 4 nitrogen and oxygen atoms in total. The Bertz CT molecular complexity index is 486. The molecule has 1 N–H and O–H groups in total. The molecule has 0 saturated carbocycles. The first-order valence-electron chi connectivity index (χ1n) is 7.10. The maximum atomic E-state index is 12.1. The summed E-state index contributed by atoms with van der Waals surface area (Å²) in [6.07, 6.45) is 0.695. The van der Waals surface area contributed by atoms with Crippen LogP contribution in [0.5, 0.6) is 0 Å². The number of carbonyl (C=O) groups is 2. The Balaban J connectivity index is 2.19. The smallest absolute Gasteiger partial charge is 0.315 e. The highest BCUT2D eigenvalue weighted by Crippen LogP contribution is 2.28. The van der Waals surface area contributed by atoms with Gasteiger partial charge in [0.25, 0.3) is 0 Å². The molecule has 0 aromatic heterocycles. The Kier molecular flexibility index (Phi) is 4.55. The van der Waals surface area contributed by atoms with E-state index in [1.165, 1.54) is 0 Å². The number of ketones is 1. The Hall–Kier alpha value is -1.68. The van der Waals surface area contributed by atoms with Gasteiger partial charge >= 0.3 is 5.97 Å². The first-order chi connectivity index (χ1) is 9.54. The molecule has 2 unspecified atom stereocenters. The maximum absolute atomic E-state index is 12.1. The van der Waals surface area contributed by atoms with Crippen molar-refractivity contribution in [3.8, 4) is 0 Å². The van der Waals surface area contributed by atoms with Gasteiger partial charge in [-0.15, -0.1) is 0 Å². The molecule has 2 rings (SSSR count). The van der Waals surface area contributed by atoms with E-state index in [0.717, 1.165) is 5.56 Å². The molecule has 1 saturated heterocycles. The van der Waals surface area contributed by atoms with E-state index in [1.54, 1.807) is 0 Å². The summed E-state index contributed by atoms with van der Waals surface area (Å²) in [5.41, 5.74) is 1.15. The van der Waals surface area contributed by atoms with Gasteiger partial charge in [0.15, 0.2) is 5.78 Å². The summed E-state index contributed by atoms with van der Waals surface area (Å²) in [7, 11) is 0. The molecule has 1 heterocycles. The van der Waals surface area contributed by atoms with Gasteiger partial charge in [-0.05, 0) is 18.9 Å². The van der Waals surface area contributed by atoms with Crippen molar-refractivity contribution in [2.24, 2.45) is 11.8 Å². The second kappa shape index (κ2) is 6.18. The van der Waals surface area contributed by atoms with Crippen LogP contribution in [0.2, 0.25) is 0 Å². The molecular formula is C16H21NO3. The molecule has 0 aliphatic carbocycles. The molecular weight excluding hydrogens is 254 g/mol. The lowest BCUT2D eigenvalue weighted by Crippen LogP contribution is -2.50. The van der Waals surface area contributed by atoms with Crippen molar-refractivity contribution in [2.45, 2.75) is 26.3 Å². The lowest BCUT2D eigenvalue weighted by Gasteiger charge is -2.38. The number of aliphatic carboxylic acids is 1. The van der Waals surface area contributed by atoms with Crippen molar-refractivity contribution >= 4 is 11.8 Å². The zero-order valence-corrected chi connectivity index (χ0v) is 12.0. The van der Waals surface area contributed by atoms with Crippen LogP contribution in [0.1, 0.15) is 31.9 Å². The number of likely N-dealkylation sites (tertiary alicyclic amines) is 1. The van der Waals surface area contributed by atoms with E-state index >= 15 is 0 Å². The van der Waals surface area contributed by atoms with Crippen molar-refractivity contribution in [3.05, 3.63) is 35.9 Å². The summed E-state index contributed by atoms with van der Waals surface area (Å²) in [5, 5.41) is 9.24. The van der Waals surface area contributed by atoms with Gasteiger partial charge in [-0.3, -0.25) is 14.5 Å². The topological polar surface area (TPSA) is 57.6 Å². The van der Waals surface area contributed by atoms with Gasteiger partial charge in [-0.25, -0.2) is 0 Å². The maximum Gasteiger partial charge on any atom is 0.315 e. The second-order valence-corrected chi connectivity index (χ2v) is 5.44. The van der Waals surface area contributed by atoms with Gasteiger partial charge in [0.2, 0.25) is 0 Å². The van der Waals surface area contributed by atoms with Crippen LogP contribution < -0.4 is 0 Å². The normalized spacial score (nSPS) is 25.4. The number of rotatable bonds is 4. The number of piperidine rings is 1. The molecule has 3 atom stereocenters. The van der Waals surface area contributed by atoms with Gasteiger partial charge < -0.3 is 5.11 Å². The number of carboxylic acid groups (broad SMARTS) is 1. The Morgan fingerprint density at radius 3 is 2.55 bits per heavy atom. The van der Waals surface area contributed by atoms with E-state index in [1.807, 2.05) is 37.3 Å². The van der Waals surface area contributed by atoms with Crippen molar-refractivity contribution in [3.63, 3.8) is 0 Å². The highest BCUT2D eigenvalue weighted by atomic mass is 16.4. The highest BCUT2D eigenvalue weighted by Gasteiger charge is 2.39. The number of nitrogens with zero attached hydrogens (tertiary/aromatic N) is 1. The summed E-state index contributed by atoms with van der Waals surface area (Å²) >= 11 is 0. The van der Waals surface area contributed by atoms with E-state index in [2.05, 4.69) is 11.8 Å². The molecule has 108 valence electrons. The third kappa shape index (κ3) is 2.90. The molecule has 0 spiro atoms. The average Bonchev–Trinajstić information content (AvgIpc) is 2.47. The molecule has 0 amide bonds. The van der Waals surface area contributed by atoms with Crippen LogP contribution in [-0.4, -0.2) is 34.8 Å². The number of carboxylic acids is 1. The molecule has 1 aliphatic heterocycles. The number of carbonyl (C=O) groups excluding carboxylic acids is 1. The number of hydrogen-bond acceptors (Lipinski definition) is 3. The SMILES string of the molecule is CCC1CN([C@@H](C)c2ccccc2)CC(C(=O)O)C1=O. The number of benzene rings is 1. The van der Waals surface area contributed by atoms with Crippen molar-refractivity contribution in [1.29, 1.82) is 0 Å². The minimum absolute atomic E-state index is 0.114. The number of Topliss-reactive ketones (excluding diaryl/α,β-unsaturated/α-hetero) is 1. The fourth-order valence-electron chi connectivity index (χ4n) is 2.85. The highest BCUT2D eigenvalue weighted by molar-refractivity contribution is 6.00. The summed E-state index contributed by atoms with van der Waals surface area (Å²) in [6, 6.07) is 10.1. The minimum atomic E-state index is -1.00. The lowest BCUT2D eigenvalue weighted by molar-refractivity contribution is -0.151. The van der Waals surface area contributed by atoms with Crippen LogP contribution in [0, 0.1) is 11.8 Å². The van der Waals surface area contributed by atoms with Crippen LogP contribution in [0.25, 0.3) is 0 Å². The van der Waals surface area contributed by atoms with Crippen LogP contribution in [-0.2, 0) is 9.59 Å². The van der Waals surface area contributed by atoms with Crippen molar-refractivity contribution in [2.75, 3.05) is 13.1 Å². The van der Waals surface area contributed by atoms with E-state index in [0.29, 0.717) is 19.5 Å². The van der Waals surface area contributed by atoms with E-state index < -0.39 is 11.9 Å². The fourth-order valence-corrected chi connectivity index (χ4v) is 2.85. The minimum Gasteiger partial charge on any atom is -0.481 e. The zero-order valence-electron chi connectivity index (χ0n) is 12.0. The van der Waals surface area contributed by atoms with Crippen LogP contribution >= 0.6 is 0 Å². The number of hydrogen-bond donors (Lipinski definition) is 1. The molecule has 1 aliphatic rings. The molecule has 1 fully saturated rings. The quantitative estimate of drug-likeness (QED) is 0.857. The van der Waals surface area contributed by atoms with Gasteiger partial charge in [-0.2, -0.15) is 0 Å². The van der Waals surface area contributed by atoms with Gasteiger partial charge in [0.1, 0.15) is 5.92 Å². The first-order valence-corrected chi connectivity index (χ1v) is 7.10. The Labute approximate surface area is 119 Å². The van der Waals surface area contributed by atoms with Gasteiger partial charge in [-0.1, -0.05) is 37.3 Å². The molecule has 4 heteroatoms. The van der Waals surface area contributed by atoms with E-state index in [-0.39, 0.29) is 17.7 Å². The summed E-state index contributed by atoms with van der Waals surface area (Å²) in [5.74, 6) is -2.18. The molecule has 1 aromatic carbocycles. The Morgan fingerprint density at radius 2 is 2.00 bits per heavy atom. The summed E-state index contributed by atoms with van der Waals surface area (Å²) in [6.45, 7) is 4.96. The second-order valence-electron chi connectivity index (χ2n) is 5.44. The molecule has 0 radical (unpaired) electrons. The summed E-state index contributed by atoms with van der Waals surface area (Å²) in [4.78, 5) is 25.5. The molecule has 0 bridgehead atoms. The summed E-state index contributed by atoms with van der Waals surface area (Å²) < 4.78 is 0. The van der Waals surface area contributed by atoms with Crippen molar-refractivity contribution in [1.82, 2.24) is 4.90 Å². The van der Waals surface area contributed by atoms with Crippen molar-refractivity contribution < 1.29 is 14.7 Å².